The second-order valence-corrected chi connectivity index (χ2v) is 9.67. The highest BCUT2D eigenvalue weighted by Gasteiger charge is 2.15. The summed E-state index contributed by atoms with van der Waals surface area (Å²) in [4.78, 5) is 13.9. The predicted octanol–water partition coefficient (Wildman–Crippen LogP) is 5.64. The lowest BCUT2D eigenvalue weighted by atomic mass is 9.96. The predicted molar refractivity (Wildman–Crippen MR) is 144 cm³/mol. The molecular formula is C29H34N6. The van der Waals surface area contributed by atoms with Gasteiger partial charge in [0.15, 0.2) is 0 Å². The maximum Gasteiger partial charge on any atom is 0.128 e. The number of pyridine rings is 2. The number of hydrogen-bond donors (Lipinski definition) is 2. The Kier molecular flexibility index (Phi) is 6.91. The summed E-state index contributed by atoms with van der Waals surface area (Å²) in [5.41, 5.74) is 7.08. The van der Waals surface area contributed by atoms with Gasteiger partial charge in [-0.05, 0) is 86.7 Å². The fourth-order valence-electron chi connectivity index (χ4n) is 4.99. The summed E-state index contributed by atoms with van der Waals surface area (Å²) in [5, 5.41) is 12.1. The monoisotopic (exact) mass is 466 g/mol. The number of benzene rings is 1. The van der Waals surface area contributed by atoms with E-state index in [0.717, 1.165) is 53.4 Å². The molecule has 2 aromatic heterocycles. The van der Waals surface area contributed by atoms with Crippen LogP contribution in [0.1, 0.15) is 42.4 Å². The molecule has 0 aliphatic carbocycles. The average molecular weight is 467 g/mol. The normalized spacial score (nSPS) is 16.0. The van der Waals surface area contributed by atoms with Gasteiger partial charge in [-0.25, -0.2) is 4.98 Å². The first-order valence-electron chi connectivity index (χ1n) is 12.6. The van der Waals surface area contributed by atoms with Gasteiger partial charge in [0.05, 0.1) is 23.3 Å². The molecule has 2 saturated heterocycles. The highest BCUT2D eigenvalue weighted by molar-refractivity contribution is 6.13. The Morgan fingerprint density at radius 2 is 1.71 bits per heavy atom. The summed E-state index contributed by atoms with van der Waals surface area (Å²) in [6, 6.07) is 12.5. The lowest BCUT2D eigenvalue weighted by molar-refractivity contribution is 0.331. The molecular weight excluding hydrogens is 432 g/mol. The molecule has 0 saturated carbocycles. The number of nitrogens with one attached hydrogen (secondary N) is 2. The minimum absolute atomic E-state index is 0.383. The second-order valence-electron chi connectivity index (χ2n) is 9.67. The van der Waals surface area contributed by atoms with Crippen molar-refractivity contribution in [2.24, 2.45) is 0 Å². The van der Waals surface area contributed by atoms with Crippen LogP contribution in [-0.4, -0.2) is 46.8 Å². The van der Waals surface area contributed by atoms with Gasteiger partial charge in [0.1, 0.15) is 5.82 Å². The number of allylic oxidation sites excluding steroid dienone is 1. The molecule has 6 nitrogen and oxygen atoms in total. The molecule has 0 amide bonds. The fourth-order valence-corrected chi connectivity index (χ4v) is 4.99. The molecule has 2 aliphatic rings. The minimum atomic E-state index is 0.383. The molecule has 5 rings (SSSR count). The number of aromatic nitrogens is 2. The Morgan fingerprint density at radius 3 is 2.46 bits per heavy atom. The maximum atomic E-state index is 8.84. The van der Waals surface area contributed by atoms with Crippen LogP contribution >= 0.6 is 0 Å². The van der Waals surface area contributed by atoms with Crippen molar-refractivity contribution in [3.63, 3.8) is 0 Å². The fraction of sp³-hybridized carbons (Fsp3) is 0.345. The van der Waals surface area contributed by atoms with Crippen LogP contribution in [0, 0.1) is 12.3 Å². The number of hydrogen-bond acceptors (Lipinski definition) is 6. The molecule has 4 heterocycles. The topological polar surface area (TPSA) is 68.1 Å². The Hall–Kier alpha value is -3.51. The summed E-state index contributed by atoms with van der Waals surface area (Å²) in [5.74, 6) is 1.01. The van der Waals surface area contributed by atoms with Gasteiger partial charge in [-0.2, -0.15) is 0 Å². The molecule has 2 aliphatic heterocycles. The Morgan fingerprint density at radius 1 is 0.943 bits per heavy atom. The molecule has 3 aromatic rings. The number of likely N-dealkylation sites (tertiary alicyclic amines) is 1. The molecule has 0 bridgehead atoms. The molecule has 0 atom stereocenters. The molecule has 6 heteroatoms. The van der Waals surface area contributed by atoms with Gasteiger partial charge < -0.3 is 10.2 Å². The van der Waals surface area contributed by atoms with Gasteiger partial charge in [0.25, 0.3) is 0 Å². The molecule has 35 heavy (non-hydrogen) atoms. The van der Waals surface area contributed by atoms with E-state index in [1.165, 1.54) is 44.3 Å². The van der Waals surface area contributed by atoms with E-state index in [-0.39, 0.29) is 0 Å². The van der Waals surface area contributed by atoms with Crippen LogP contribution < -0.4 is 10.2 Å². The first-order valence-corrected chi connectivity index (χ1v) is 12.6. The van der Waals surface area contributed by atoms with Crippen molar-refractivity contribution < 1.29 is 0 Å². The van der Waals surface area contributed by atoms with Crippen molar-refractivity contribution in [3.8, 4) is 11.1 Å². The van der Waals surface area contributed by atoms with Crippen molar-refractivity contribution in [3.05, 3.63) is 84.0 Å². The van der Waals surface area contributed by atoms with Crippen LogP contribution in [-0.2, 0) is 6.54 Å². The lowest BCUT2D eigenvalue weighted by Crippen LogP contribution is -2.19. The van der Waals surface area contributed by atoms with Gasteiger partial charge in [-0.15, -0.1) is 0 Å². The van der Waals surface area contributed by atoms with Crippen LogP contribution in [0.3, 0.4) is 0 Å². The van der Waals surface area contributed by atoms with Crippen molar-refractivity contribution >= 4 is 17.2 Å². The van der Waals surface area contributed by atoms with Gasteiger partial charge in [-0.1, -0.05) is 18.7 Å². The van der Waals surface area contributed by atoms with Crippen molar-refractivity contribution in [1.29, 1.82) is 5.41 Å². The van der Waals surface area contributed by atoms with E-state index in [0.29, 0.717) is 11.4 Å². The Bertz CT molecular complexity index is 1200. The van der Waals surface area contributed by atoms with Crippen molar-refractivity contribution in [1.82, 2.24) is 14.9 Å². The molecule has 0 radical (unpaired) electrons. The third-order valence-electron chi connectivity index (χ3n) is 7.01. The molecule has 2 fully saturated rings. The first kappa shape index (κ1) is 23.2. The van der Waals surface area contributed by atoms with E-state index in [4.69, 9.17) is 5.41 Å². The second kappa shape index (κ2) is 10.4. The average Bonchev–Trinajstić information content (AvgIpc) is 3.59. The first-order chi connectivity index (χ1) is 17.1. The molecule has 1 aromatic carbocycles. The van der Waals surface area contributed by atoms with Crippen molar-refractivity contribution in [2.75, 3.05) is 36.4 Å². The van der Waals surface area contributed by atoms with E-state index in [9.17, 15) is 0 Å². The highest BCUT2D eigenvalue weighted by Crippen LogP contribution is 2.26. The van der Waals surface area contributed by atoms with Crippen LogP contribution in [0.25, 0.3) is 11.1 Å². The zero-order valence-corrected chi connectivity index (χ0v) is 20.6. The van der Waals surface area contributed by atoms with Crippen LogP contribution in [0.5, 0.6) is 0 Å². The molecule has 0 spiro atoms. The number of anilines is 2. The maximum absolute atomic E-state index is 8.84. The van der Waals surface area contributed by atoms with E-state index >= 15 is 0 Å². The Balaban J connectivity index is 1.30. The summed E-state index contributed by atoms with van der Waals surface area (Å²) < 4.78 is 0. The number of aryl methyl sites for hydroxylation is 1. The third kappa shape index (κ3) is 5.43. The summed E-state index contributed by atoms with van der Waals surface area (Å²) in [6.07, 6.45) is 10.7. The van der Waals surface area contributed by atoms with E-state index in [1.54, 1.807) is 0 Å². The van der Waals surface area contributed by atoms with Gasteiger partial charge >= 0.3 is 0 Å². The van der Waals surface area contributed by atoms with E-state index in [1.807, 2.05) is 37.6 Å². The quantitative estimate of drug-likeness (QED) is 0.421. The smallest absolute Gasteiger partial charge is 0.128 e. The molecule has 0 unspecified atom stereocenters. The van der Waals surface area contributed by atoms with Gasteiger partial charge in [0.2, 0.25) is 0 Å². The Labute approximate surface area is 208 Å². The lowest BCUT2D eigenvalue weighted by Gasteiger charge is -2.18. The molecule has 180 valence electrons. The summed E-state index contributed by atoms with van der Waals surface area (Å²) >= 11 is 0. The van der Waals surface area contributed by atoms with E-state index in [2.05, 4.69) is 55.9 Å². The zero-order valence-electron chi connectivity index (χ0n) is 20.6. The standard InChI is InChI=1S/C29H34N6/c1-21-7-8-24(25-15-23(17-31-18-25)20-34-11-3-4-12-34)16-27(21)29(30)22(2)33-26-9-10-28(32-19-26)35-13-5-6-14-35/h7-10,15-19,30,33H,2-6,11-14,20H2,1H3. The number of rotatable bonds is 8. The van der Waals surface area contributed by atoms with Crippen molar-refractivity contribution in [2.45, 2.75) is 39.2 Å². The third-order valence-corrected chi connectivity index (χ3v) is 7.01. The molecule has 2 N–H and O–H groups in total. The largest absolute Gasteiger partial charge is 0.357 e. The van der Waals surface area contributed by atoms with Gasteiger partial charge in [0, 0.05) is 43.2 Å². The summed E-state index contributed by atoms with van der Waals surface area (Å²) in [6.45, 7) is 11.6. The van der Waals surface area contributed by atoms with Crippen LogP contribution in [0.2, 0.25) is 0 Å². The zero-order chi connectivity index (χ0) is 24.2. The van der Waals surface area contributed by atoms with Crippen LogP contribution in [0.15, 0.2) is 67.3 Å². The SMILES string of the molecule is C=C(Nc1ccc(N2CCCC2)nc1)C(=N)c1cc(-c2cncc(CN3CCCC3)c2)ccc1C. The highest BCUT2D eigenvalue weighted by atomic mass is 15.2. The number of nitrogens with zero attached hydrogens (tertiary/aromatic N) is 4. The summed E-state index contributed by atoms with van der Waals surface area (Å²) in [7, 11) is 0. The van der Waals surface area contributed by atoms with Crippen LogP contribution in [0.4, 0.5) is 11.5 Å². The van der Waals surface area contributed by atoms with E-state index < -0.39 is 0 Å². The minimum Gasteiger partial charge on any atom is -0.357 e. The van der Waals surface area contributed by atoms with Gasteiger partial charge in [-0.3, -0.25) is 15.3 Å².